The maximum atomic E-state index is 11.7. The van der Waals surface area contributed by atoms with Gasteiger partial charge in [-0.2, -0.15) is 0 Å². The zero-order chi connectivity index (χ0) is 19.3. The van der Waals surface area contributed by atoms with E-state index in [1.807, 2.05) is 0 Å². The van der Waals surface area contributed by atoms with Crippen LogP contribution in [0.2, 0.25) is 0 Å². The highest BCUT2D eigenvalue weighted by atomic mass is 127. The van der Waals surface area contributed by atoms with E-state index in [1.165, 1.54) is 32.1 Å². The van der Waals surface area contributed by atoms with Gasteiger partial charge in [-0.05, 0) is 31.1 Å². The van der Waals surface area contributed by atoms with E-state index in [2.05, 4.69) is 29.0 Å². The number of hydrogen-bond acceptors (Lipinski definition) is 4. The van der Waals surface area contributed by atoms with Gasteiger partial charge in [0.15, 0.2) is 15.8 Å². The van der Waals surface area contributed by atoms with E-state index < -0.39 is 9.84 Å². The summed E-state index contributed by atoms with van der Waals surface area (Å²) in [5.74, 6) is 2.40. The molecule has 3 aliphatic rings. The van der Waals surface area contributed by atoms with E-state index in [9.17, 15) is 8.42 Å². The second-order valence-corrected chi connectivity index (χ2v) is 11.3. The predicted molar refractivity (Wildman–Crippen MR) is 127 cm³/mol. The van der Waals surface area contributed by atoms with Crippen LogP contribution >= 0.6 is 24.0 Å². The summed E-state index contributed by atoms with van der Waals surface area (Å²) >= 11 is 0. The molecule has 0 aromatic carbocycles. The number of sulfone groups is 1. The highest BCUT2D eigenvalue weighted by Crippen LogP contribution is 2.23. The minimum atomic E-state index is -2.81. The number of aliphatic imine (C=N–C) groups is 1. The first-order valence-electron chi connectivity index (χ1n) is 10.9. The van der Waals surface area contributed by atoms with E-state index in [0.717, 1.165) is 57.7 Å². The smallest absolute Gasteiger partial charge is 0.194 e. The molecule has 2 saturated heterocycles. The number of piperazine rings is 1. The number of guanidine groups is 1. The zero-order valence-corrected chi connectivity index (χ0v) is 20.8. The predicted octanol–water partition coefficient (Wildman–Crippen LogP) is 2.59. The lowest BCUT2D eigenvalue weighted by atomic mass is 9.94. The van der Waals surface area contributed by atoms with Gasteiger partial charge in [0.05, 0.1) is 11.5 Å². The Hall–Kier alpha value is -0.0900. The second kappa shape index (κ2) is 11.3. The molecule has 3 rings (SSSR count). The lowest BCUT2D eigenvalue weighted by Gasteiger charge is -2.41. The summed E-state index contributed by atoms with van der Waals surface area (Å²) in [6, 6.07) is 0.786. The lowest BCUT2D eigenvalue weighted by Crippen LogP contribution is -2.55. The Kier molecular flexibility index (Phi) is 9.80. The van der Waals surface area contributed by atoms with Crippen molar-refractivity contribution in [2.45, 2.75) is 58.4 Å². The molecular formula is C20H39IN4O2S. The first kappa shape index (κ1) is 24.2. The number of nitrogens with zero attached hydrogens (tertiary/aromatic N) is 3. The fourth-order valence-corrected chi connectivity index (χ4v) is 6.41. The molecule has 2 heterocycles. The Morgan fingerprint density at radius 1 is 1.07 bits per heavy atom. The van der Waals surface area contributed by atoms with E-state index in [-0.39, 0.29) is 29.9 Å². The molecule has 1 unspecified atom stereocenters. The van der Waals surface area contributed by atoms with Crippen LogP contribution in [0, 0.1) is 11.8 Å². The van der Waals surface area contributed by atoms with Gasteiger partial charge in [0.25, 0.3) is 0 Å². The van der Waals surface area contributed by atoms with Crippen LogP contribution in [0.4, 0.5) is 0 Å². The van der Waals surface area contributed by atoms with Crippen LogP contribution in [0.25, 0.3) is 0 Å². The molecule has 0 amide bonds. The molecule has 0 spiro atoms. The minimum absolute atomic E-state index is 0. The van der Waals surface area contributed by atoms with Crippen molar-refractivity contribution >= 4 is 39.8 Å². The van der Waals surface area contributed by atoms with Crippen LogP contribution in [0.15, 0.2) is 4.99 Å². The average molecular weight is 527 g/mol. The Balaban J connectivity index is 0.00000280. The largest absolute Gasteiger partial charge is 0.356 e. The third kappa shape index (κ3) is 7.31. The van der Waals surface area contributed by atoms with Crippen molar-refractivity contribution in [1.82, 2.24) is 15.1 Å². The number of hydrogen-bond donors (Lipinski definition) is 1. The Bertz CT molecular complexity index is 597. The summed E-state index contributed by atoms with van der Waals surface area (Å²) in [5, 5.41) is 3.51. The Morgan fingerprint density at radius 2 is 1.75 bits per heavy atom. The van der Waals surface area contributed by atoms with E-state index in [1.54, 1.807) is 0 Å². The highest BCUT2D eigenvalue weighted by molar-refractivity contribution is 14.0. The summed E-state index contributed by atoms with van der Waals surface area (Å²) in [5.41, 5.74) is 0. The van der Waals surface area contributed by atoms with Gasteiger partial charge in [-0.3, -0.25) is 9.89 Å². The van der Waals surface area contributed by atoms with Gasteiger partial charge >= 0.3 is 0 Å². The first-order chi connectivity index (χ1) is 12.9. The van der Waals surface area contributed by atoms with Crippen molar-refractivity contribution in [2.24, 2.45) is 16.8 Å². The van der Waals surface area contributed by atoms with Gasteiger partial charge < -0.3 is 10.2 Å². The molecule has 2 aliphatic heterocycles. The monoisotopic (exact) mass is 526 g/mol. The SMILES string of the molecule is CC(C)CN=C(NCC1CCS(=O)(=O)C1)N1CCN(C2CCCCC2)CC1.I. The second-order valence-electron chi connectivity index (χ2n) is 9.02. The lowest BCUT2D eigenvalue weighted by molar-refractivity contribution is 0.105. The summed E-state index contributed by atoms with van der Waals surface area (Å²) < 4.78 is 23.4. The molecule has 0 aromatic heterocycles. The molecule has 0 aromatic rings. The first-order valence-corrected chi connectivity index (χ1v) is 12.7. The van der Waals surface area contributed by atoms with Crippen LogP contribution in [-0.4, -0.2) is 81.0 Å². The molecule has 0 radical (unpaired) electrons. The van der Waals surface area contributed by atoms with Crippen LogP contribution in [-0.2, 0) is 9.84 Å². The van der Waals surface area contributed by atoms with Crippen molar-refractivity contribution in [1.29, 1.82) is 0 Å². The van der Waals surface area contributed by atoms with Crippen molar-refractivity contribution in [3.63, 3.8) is 0 Å². The van der Waals surface area contributed by atoms with Crippen molar-refractivity contribution in [3.05, 3.63) is 0 Å². The van der Waals surface area contributed by atoms with Gasteiger partial charge in [-0.1, -0.05) is 33.1 Å². The molecule has 1 aliphatic carbocycles. The molecule has 3 fully saturated rings. The van der Waals surface area contributed by atoms with E-state index in [0.29, 0.717) is 17.4 Å². The van der Waals surface area contributed by atoms with Gasteiger partial charge in [0.2, 0.25) is 0 Å². The van der Waals surface area contributed by atoms with Crippen LogP contribution in [0.3, 0.4) is 0 Å². The summed E-state index contributed by atoms with van der Waals surface area (Å²) in [6.45, 7) is 10.2. The van der Waals surface area contributed by atoms with Crippen molar-refractivity contribution in [2.75, 3.05) is 50.8 Å². The fraction of sp³-hybridized carbons (Fsp3) is 0.950. The Morgan fingerprint density at radius 3 is 2.32 bits per heavy atom. The van der Waals surface area contributed by atoms with Crippen molar-refractivity contribution in [3.8, 4) is 0 Å². The minimum Gasteiger partial charge on any atom is -0.356 e. The van der Waals surface area contributed by atoms with Crippen LogP contribution in [0.5, 0.6) is 0 Å². The topological polar surface area (TPSA) is 65.0 Å². The van der Waals surface area contributed by atoms with Crippen molar-refractivity contribution < 1.29 is 8.42 Å². The molecule has 164 valence electrons. The average Bonchev–Trinajstić information content (AvgIpc) is 3.01. The summed E-state index contributed by atoms with van der Waals surface area (Å²) in [6.07, 6.45) is 7.69. The van der Waals surface area contributed by atoms with Crippen LogP contribution in [0.1, 0.15) is 52.4 Å². The van der Waals surface area contributed by atoms with E-state index in [4.69, 9.17) is 4.99 Å². The van der Waals surface area contributed by atoms with Gasteiger partial charge in [-0.25, -0.2) is 8.42 Å². The van der Waals surface area contributed by atoms with Gasteiger partial charge in [0, 0.05) is 45.3 Å². The molecule has 8 heteroatoms. The third-order valence-corrected chi connectivity index (χ3v) is 8.02. The molecule has 1 saturated carbocycles. The maximum absolute atomic E-state index is 11.7. The molecular weight excluding hydrogens is 487 g/mol. The number of rotatable bonds is 5. The summed E-state index contributed by atoms with van der Waals surface area (Å²) in [4.78, 5) is 9.91. The molecule has 0 bridgehead atoms. The quantitative estimate of drug-likeness (QED) is 0.339. The maximum Gasteiger partial charge on any atom is 0.194 e. The molecule has 1 atom stereocenters. The van der Waals surface area contributed by atoms with Gasteiger partial charge in [-0.15, -0.1) is 24.0 Å². The molecule has 1 N–H and O–H groups in total. The summed E-state index contributed by atoms with van der Waals surface area (Å²) in [7, 11) is -2.81. The third-order valence-electron chi connectivity index (χ3n) is 6.19. The van der Waals surface area contributed by atoms with Gasteiger partial charge in [0.1, 0.15) is 0 Å². The normalized spacial score (nSPS) is 27.0. The zero-order valence-electron chi connectivity index (χ0n) is 17.6. The fourth-order valence-electron chi connectivity index (χ4n) is 4.55. The number of nitrogens with one attached hydrogen (secondary N) is 1. The highest BCUT2D eigenvalue weighted by Gasteiger charge is 2.29. The molecule has 6 nitrogen and oxygen atoms in total. The van der Waals surface area contributed by atoms with E-state index >= 15 is 0 Å². The Labute approximate surface area is 188 Å². The number of halogens is 1. The molecule has 28 heavy (non-hydrogen) atoms. The standard InChI is InChI=1S/C20H38N4O2S.HI/c1-17(2)14-21-20(22-15-18-8-13-27(25,26)16-18)24-11-9-23(10-12-24)19-6-4-3-5-7-19;/h17-19H,3-16H2,1-2H3,(H,21,22);1H. The van der Waals surface area contributed by atoms with Crippen LogP contribution < -0.4 is 5.32 Å².